The topological polar surface area (TPSA) is 42.4 Å². The van der Waals surface area contributed by atoms with Crippen molar-refractivity contribution in [2.45, 2.75) is 19.4 Å². The van der Waals surface area contributed by atoms with Gasteiger partial charge in [0.1, 0.15) is 16.9 Å². The summed E-state index contributed by atoms with van der Waals surface area (Å²) in [7, 11) is 0. The summed E-state index contributed by atoms with van der Waals surface area (Å²) in [4.78, 5) is 4.10. The van der Waals surface area contributed by atoms with Gasteiger partial charge in [-0.3, -0.25) is 0 Å². The van der Waals surface area contributed by atoms with Crippen molar-refractivity contribution in [1.29, 1.82) is 0 Å². The second-order valence-electron chi connectivity index (χ2n) is 3.69. The summed E-state index contributed by atoms with van der Waals surface area (Å²) in [6, 6.07) is 7.50. The van der Waals surface area contributed by atoms with Gasteiger partial charge in [0.05, 0.1) is 6.61 Å². The van der Waals surface area contributed by atoms with Crippen LogP contribution in [0.3, 0.4) is 0 Å². The van der Waals surface area contributed by atoms with E-state index in [4.69, 9.17) is 4.74 Å². The van der Waals surface area contributed by atoms with Crippen LogP contribution in [0.15, 0.2) is 35.8 Å². The molecule has 0 saturated heterocycles. The zero-order chi connectivity index (χ0) is 12.1. The van der Waals surface area contributed by atoms with Crippen molar-refractivity contribution in [3.8, 4) is 5.75 Å². The number of rotatable bonds is 5. The maximum Gasteiger partial charge on any atom is 0.131 e. The molecule has 90 valence electrons. The Morgan fingerprint density at radius 3 is 2.71 bits per heavy atom. The van der Waals surface area contributed by atoms with Crippen LogP contribution >= 0.6 is 11.3 Å². The van der Waals surface area contributed by atoms with Gasteiger partial charge in [-0.1, -0.05) is 19.1 Å². The zero-order valence-electron chi connectivity index (χ0n) is 9.67. The van der Waals surface area contributed by atoms with E-state index in [-0.39, 0.29) is 0 Å². The van der Waals surface area contributed by atoms with Crippen molar-refractivity contribution in [3.63, 3.8) is 0 Å². The summed E-state index contributed by atoms with van der Waals surface area (Å²) in [6.45, 7) is 2.79. The highest BCUT2D eigenvalue weighted by molar-refractivity contribution is 7.09. The lowest BCUT2D eigenvalue weighted by Gasteiger charge is -2.09. The molecule has 0 aliphatic heterocycles. The lowest BCUT2D eigenvalue weighted by atomic mass is 10.1. The Kier molecular flexibility index (Phi) is 4.12. The Morgan fingerprint density at radius 1 is 1.35 bits per heavy atom. The third-order valence-electron chi connectivity index (χ3n) is 2.35. The average Bonchev–Trinajstić information content (AvgIpc) is 2.90. The molecule has 0 amide bonds. The third-order valence-corrected chi connectivity index (χ3v) is 3.18. The highest BCUT2D eigenvalue weighted by Gasteiger charge is 2.12. The Hall–Kier alpha value is -1.39. The molecule has 4 heteroatoms. The molecule has 1 heterocycles. The van der Waals surface area contributed by atoms with E-state index < -0.39 is 6.10 Å². The fourth-order valence-corrected chi connectivity index (χ4v) is 2.13. The molecule has 1 aromatic carbocycles. The van der Waals surface area contributed by atoms with Crippen molar-refractivity contribution >= 4 is 11.3 Å². The van der Waals surface area contributed by atoms with E-state index in [9.17, 15) is 5.11 Å². The monoisotopic (exact) mass is 249 g/mol. The SMILES string of the molecule is CCCOc1ccc(C(O)c2nccs2)cc1. The molecule has 1 aromatic heterocycles. The van der Waals surface area contributed by atoms with E-state index in [1.54, 1.807) is 6.20 Å². The van der Waals surface area contributed by atoms with Gasteiger partial charge in [-0.05, 0) is 24.1 Å². The maximum absolute atomic E-state index is 10.1. The van der Waals surface area contributed by atoms with Crippen LogP contribution in [0.25, 0.3) is 0 Å². The second-order valence-corrected chi connectivity index (χ2v) is 4.62. The number of aromatic nitrogens is 1. The smallest absolute Gasteiger partial charge is 0.131 e. The van der Waals surface area contributed by atoms with Crippen LogP contribution in [0.4, 0.5) is 0 Å². The molecular formula is C13H15NO2S. The van der Waals surface area contributed by atoms with Gasteiger partial charge < -0.3 is 9.84 Å². The molecular weight excluding hydrogens is 234 g/mol. The quantitative estimate of drug-likeness (QED) is 0.885. The molecule has 0 bridgehead atoms. The molecule has 0 spiro atoms. The zero-order valence-corrected chi connectivity index (χ0v) is 10.5. The normalized spacial score (nSPS) is 12.4. The highest BCUT2D eigenvalue weighted by Crippen LogP contribution is 2.25. The van der Waals surface area contributed by atoms with E-state index in [0.29, 0.717) is 11.6 Å². The lowest BCUT2D eigenvalue weighted by molar-refractivity contribution is 0.219. The minimum absolute atomic E-state index is 0.643. The van der Waals surface area contributed by atoms with Gasteiger partial charge in [0.15, 0.2) is 0 Å². The van der Waals surface area contributed by atoms with E-state index >= 15 is 0 Å². The van der Waals surface area contributed by atoms with Crippen LogP contribution in [0.2, 0.25) is 0 Å². The van der Waals surface area contributed by atoms with Crippen molar-refractivity contribution in [1.82, 2.24) is 4.98 Å². The summed E-state index contributed by atoms with van der Waals surface area (Å²) >= 11 is 1.45. The second kappa shape index (κ2) is 5.80. The summed E-state index contributed by atoms with van der Waals surface area (Å²) in [5.41, 5.74) is 0.837. The highest BCUT2D eigenvalue weighted by atomic mass is 32.1. The Balaban J connectivity index is 2.07. The Labute approximate surface area is 105 Å². The first-order chi connectivity index (χ1) is 8.31. The molecule has 0 aliphatic rings. The Bertz CT molecular complexity index is 439. The number of benzene rings is 1. The molecule has 0 fully saturated rings. The van der Waals surface area contributed by atoms with Crippen molar-refractivity contribution in [2.75, 3.05) is 6.61 Å². The van der Waals surface area contributed by atoms with Gasteiger partial charge in [-0.25, -0.2) is 4.98 Å². The van der Waals surface area contributed by atoms with E-state index in [0.717, 1.165) is 17.7 Å². The van der Waals surface area contributed by atoms with Gasteiger partial charge in [0, 0.05) is 11.6 Å². The predicted octanol–water partition coefficient (Wildman–Crippen LogP) is 3.01. The maximum atomic E-state index is 10.1. The number of hydrogen-bond donors (Lipinski definition) is 1. The molecule has 2 aromatic rings. The van der Waals surface area contributed by atoms with Gasteiger partial charge in [-0.15, -0.1) is 11.3 Å². The first-order valence-electron chi connectivity index (χ1n) is 5.61. The van der Waals surface area contributed by atoms with Crippen molar-refractivity contribution in [3.05, 3.63) is 46.4 Å². The standard InChI is InChI=1S/C13H15NO2S/c1-2-8-16-11-5-3-10(4-6-11)12(15)13-14-7-9-17-13/h3-7,9,12,15H,2,8H2,1H3. The third kappa shape index (κ3) is 3.05. The molecule has 0 radical (unpaired) electrons. The molecule has 2 rings (SSSR count). The van der Waals surface area contributed by atoms with E-state index in [2.05, 4.69) is 11.9 Å². The number of ether oxygens (including phenoxy) is 1. The van der Waals surface area contributed by atoms with Crippen LogP contribution in [0.5, 0.6) is 5.75 Å². The fourth-order valence-electron chi connectivity index (χ4n) is 1.48. The van der Waals surface area contributed by atoms with Crippen LogP contribution in [-0.4, -0.2) is 16.7 Å². The first-order valence-corrected chi connectivity index (χ1v) is 6.49. The minimum Gasteiger partial charge on any atom is -0.494 e. The number of hydrogen-bond acceptors (Lipinski definition) is 4. The van der Waals surface area contributed by atoms with Gasteiger partial charge in [0.2, 0.25) is 0 Å². The first kappa shape index (κ1) is 12.1. The summed E-state index contributed by atoms with van der Waals surface area (Å²) in [5.74, 6) is 0.835. The lowest BCUT2D eigenvalue weighted by Crippen LogP contribution is -1.99. The summed E-state index contributed by atoms with van der Waals surface area (Å²) < 4.78 is 5.49. The van der Waals surface area contributed by atoms with Gasteiger partial charge in [-0.2, -0.15) is 0 Å². The largest absolute Gasteiger partial charge is 0.494 e. The minimum atomic E-state index is -0.643. The fraction of sp³-hybridized carbons (Fsp3) is 0.308. The number of aliphatic hydroxyl groups is 1. The predicted molar refractivity (Wildman–Crippen MR) is 68.4 cm³/mol. The summed E-state index contributed by atoms with van der Waals surface area (Å²) in [5, 5.41) is 12.6. The van der Waals surface area contributed by atoms with E-state index in [1.165, 1.54) is 11.3 Å². The van der Waals surface area contributed by atoms with Gasteiger partial charge in [0.25, 0.3) is 0 Å². The molecule has 3 nitrogen and oxygen atoms in total. The molecule has 0 aliphatic carbocycles. The average molecular weight is 249 g/mol. The Morgan fingerprint density at radius 2 is 2.12 bits per heavy atom. The molecule has 1 atom stereocenters. The number of nitrogens with zero attached hydrogens (tertiary/aromatic N) is 1. The van der Waals surface area contributed by atoms with Crippen LogP contribution in [0, 0.1) is 0 Å². The number of aliphatic hydroxyl groups excluding tert-OH is 1. The molecule has 0 saturated carbocycles. The van der Waals surface area contributed by atoms with Crippen LogP contribution in [-0.2, 0) is 0 Å². The van der Waals surface area contributed by atoms with Crippen molar-refractivity contribution < 1.29 is 9.84 Å². The van der Waals surface area contributed by atoms with Crippen molar-refractivity contribution in [2.24, 2.45) is 0 Å². The molecule has 17 heavy (non-hydrogen) atoms. The van der Waals surface area contributed by atoms with Gasteiger partial charge >= 0.3 is 0 Å². The van der Waals surface area contributed by atoms with Crippen LogP contribution in [0.1, 0.15) is 30.0 Å². The molecule has 1 unspecified atom stereocenters. The molecule has 1 N–H and O–H groups in total. The number of thiazole rings is 1. The van der Waals surface area contributed by atoms with E-state index in [1.807, 2.05) is 29.6 Å². The summed E-state index contributed by atoms with van der Waals surface area (Å²) in [6.07, 6.45) is 2.04. The van der Waals surface area contributed by atoms with Crippen LogP contribution < -0.4 is 4.74 Å².